The van der Waals surface area contributed by atoms with Crippen LogP contribution in [0.1, 0.15) is 23.6 Å². The van der Waals surface area contributed by atoms with Gasteiger partial charge in [-0.25, -0.2) is 0 Å². The quantitative estimate of drug-likeness (QED) is 0.803. The van der Waals surface area contributed by atoms with Gasteiger partial charge in [-0.1, -0.05) is 43.3 Å². The van der Waals surface area contributed by atoms with Crippen LogP contribution in [-0.4, -0.2) is 4.57 Å². The fraction of sp³-hybridized carbons (Fsp3) is 0.211. The number of nitrogens with zero attached hydrogens (tertiary/aromatic N) is 1. The van der Waals surface area contributed by atoms with Crippen molar-refractivity contribution in [3.05, 3.63) is 81.8 Å². The lowest BCUT2D eigenvalue weighted by Gasteiger charge is -2.09. The molecule has 1 heterocycles. The molecule has 0 fully saturated rings. The first kappa shape index (κ1) is 14.5. The average Bonchev–Trinajstić information content (AvgIpc) is 2.57. The van der Waals surface area contributed by atoms with E-state index in [1.165, 1.54) is 5.56 Å². The van der Waals surface area contributed by atoms with Crippen LogP contribution in [-0.2, 0) is 19.5 Å². The molecule has 112 valence electrons. The van der Waals surface area contributed by atoms with Crippen molar-refractivity contribution in [2.24, 2.45) is 5.73 Å². The molecule has 1 aromatic heterocycles. The van der Waals surface area contributed by atoms with E-state index >= 15 is 0 Å². The van der Waals surface area contributed by atoms with Gasteiger partial charge in [0.2, 0.25) is 0 Å². The second kappa shape index (κ2) is 6.16. The van der Waals surface area contributed by atoms with Crippen molar-refractivity contribution >= 4 is 10.8 Å². The van der Waals surface area contributed by atoms with Gasteiger partial charge < -0.3 is 10.3 Å². The molecule has 3 heteroatoms. The van der Waals surface area contributed by atoms with Gasteiger partial charge in [0, 0.05) is 18.1 Å². The van der Waals surface area contributed by atoms with Crippen LogP contribution in [0, 0.1) is 0 Å². The van der Waals surface area contributed by atoms with Gasteiger partial charge in [-0.05, 0) is 40.6 Å². The van der Waals surface area contributed by atoms with E-state index in [-0.39, 0.29) is 5.56 Å². The van der Waals surface area contributed by atoms with E-state index in [2.05, 4.69) is 13.0 Å². The topological polar surface area (TPSA) is 48.0 Å². The minimum absolute atomic E-state index is 0.0584. The second-order valence-corrected chi connectivity index (χ2v) is 5.54. The largest absolute Gasteiger partial charge is 0.326 e. The second-order valence-electron chi connectivity index (χ2n) is 5.54. The van der Waals surface area contributed by atoms with Crippen LogP contribution in [0.2, 0.25) is 0 Å². The first-order valence-corrected chi connectivity index (χ1v) is 7.61. The van der Waals surface area contributed by atoms with E-state index in [1.54, 1.807) is 4.57 Å². The Morgan fingerprint density at radius 2 is 1.64 bits per heavy atom. The van der Waals surface area contributed by atoms with Gasteiger partial charge in [-0.15, -0.1) is 0 Å². The molecule has 0 aliphatic carbocycles. The molecule has 0 spiro atoms. The number of aryl methyl sites for hydroxylation is 1. The number of hydrogen-bond donors (Lipinski definition) is 1. The molecule has 3 nitrogen and oxygen atoms in total. The van der Waals surface area contributed by atoms with Crippen molar-refractivity contribution in [3.8, 4) is 0 Å². The Hall–Kier alpha value is -2.39. The van der Waals surface area contributed by atoms with Crippen LogP contribution in [0.3, 0.4) is 0 Å². The molecule has 0 aliphatic rings. The summed E-state index contributed by atoms with van der Waals surface area (Å²) in [5.74, 6) is 0. The molecule has 0 radical (unpaired) electrons. The summed E-state index contributed by atoms with van der Waals surface area (Å²) in [5.41, 5.74) is 9.12. The van der Waals surface area contributed by atoms with E-state index in [4.69, 9.17) is 5.73 Å². The molecule has 0 saturated carbocycles. The molecule has 0 amide bonds. The van der Waals surface area contributed by atoms with E-state index in [9.17, 15) is 4.79 Å². The molecule has 0 atom stereocenters. The first-order valence-electron chi connectivity index (χ1n) is 7.61. The average molecular weight is 292 g/mol. The highest BCUT2D eigenvalue weighted by molar-refractivity contribution is 5.82. The SMILES string of the molecule is CCc1ccc2c(=O)n(Cc3ccc(CN)cc3)ccc2c1. The highest BCUT2D eigenvalue weighted by Crippen LogP contribution is 2.13. The molecule has 2 aromatic carbocycles. The van der Waals surface area contributed by atoms with Gasteiger partial charge in [0.05, 0.1) is 6.54 Å². The van der Waals surface area contributed by atoms with Crippen molar-refractivity contribution < 1.29 is 0 Å². The minimum atomic E-state index is 0.0584. The molecular weight excluding hydrogens is 272 g/mol. The van der Waals surface area contributed by atoms with Gasteiger partial charge in [-0.3, -0.25) is 4.79 Å². The van der Waals surface area contributed by atoms with E-state index < -0.39 is 0 Å². The summed E-state index contributed by atoms with van der Waals surface area (Å²) in [6.45, 7) is 3.23. The standard InChI is InChI=1S/C19H20N2O/c1-2-14-7-8-18-17(11-14)9-10-21(19(18)22)13-16-5-3-15(12-20)4-6-16/h3-11H,2,12-13,20H2,1H3. The summed E-state index contributed by atoms with van der Waals surface area (Å²) in [5, 5.41) is 1.79. The lowest BCUT2D eigenvalue weighted by Crippen LogP contribution is -2.20. The Morgan fingerprint density at radius 3 is 2.32 bits per heavy atom. The number of pyridine rings is 1. The van der Waals surface area contributed by atoms with Gasteiger partial charge in [0.1, 0.15) is 0 Å². The summed E-state index contributed by atoms with van der Waals surface area (Å²) in [7, 11) is 0. The Balaban J connectivity index is 1.97. The molecule has 22 heavy (non-hydrogen) atoms. The van der Waals surface area contributed by atoms with Crippen LogP contribution in [0.25, 0.3) is 10.8 Å². The Labute approximate surface area is 130 Å². The first-order chi connectivity index (χ1) is 10.7. The highest BCUT2D eigenvalue weighted by Gasteiger charge is 2.04. The molecule has 3 aromatic rings. The van der Waals surface area contributed by atoms with Gasteiger partial charge in [0.25, 0.3) is 5.56 Å². The summed E-state index contributed by atoms with van der Waals surface area (Å²) < 4.78 is 1.76. The van der Waals surface area contributed by atoms with Crippen LogP contribution in [0.5, 0.6) is 0 Å². The molecule has 0 saturated heterocycles. The monoisotopic (exact) mass is 292 g/mol. The van der Waals surface area contributed by atoms with Crippen molar-refractivity contribution in [1.29, 1.82) is 0 Å². The van der Waals surface area contributed by atoms with Gasteiger partial charge >= 0.3 is 0 Å². The Morgan fingerprint density at radius 1 is 0.955 bits per heavy atom. The summed E-state index contributed by atoms with van der Waals surface area (Å²) >= 11 is 0. The van der Waals surface area contributed by atoms with Crippen LogP contribution < -0.4 is 11.3 Å². The number of aromatic nitrogens is 1. The number of fused-ring (bicyclic) bond motifs is 1. The maximum Gasteiger partial charge on any atom is 0.258 e. The predicted molar refractivity (Wildman–Crippen MR) is 91.0 cm³/mol. The van der Waals surface area contributed by atoms with Crippen molar-refractivity contribution in [2.45, 2.75) is 26.4 Å². The van der Waals surface area contributed by atoms with Gasteiger partial charge in [-0.2, -0.15) is 0 Å². The molecule has 0 unspecified atom stereocenters. The number of benzene rings is 2. The number of hydrogen-bond acceptors (Lipinski definition) is 2. The van der Waals surface area contributed by atoms with Crippen LogP contribution in [0.4, 0.5) is 0 Å². The molecule has 0 aliphatic heterocycles. The number of nitrogens with two attached hydrogens (primary N) is 1. The van der Waals surface area contributed by atoms with E-state index in [1.807, 2.05) is 48.7 Å². The fourth-order valence-electron chi connectivity index (χ4n) is 2.66. The van der Waals surface area contributed by atoms with Crippen LogP contribution in [0.15, 0.2) is 59.5 Å². The Bertz CT molecular complexity index is 847. The van der Waals surface area contributed by atoms with Crippen molar-refractivity contribution in [3.63, 3.8) is 0 Å². The van der Waals surface area contributed by atoms with Crippen LogP contribution >= 0.6 is 0 Å². The van der Waals surface area contributed by atoms with Crippen molar-refractivity contribution in [2.75, 3.05) is 0 Å². The van der Waals surface area contributed by atoms with E-state index in [0.717, 1.165) is 28.3 Å². The number of rotatable bonds is 4. The highest BCUT2D eigenvalue weighted by atomic mass is 16.1. The zero-order valence-electron chi connectivity index (χ0n) is 12.8. The third kappa shape index (κ3) is 2.81. The fourth-order valence-corrected chi connectivity index (χ4v) is 2.66. The minimum Gasteiger partial charge on any atom is -0.326 e. The maximum absolute atomic E-state index is 12.6. The lowest BCUT2D eigenvalue weighted by atomic mass is 10.1. The summed E-state index contributed by atoms with van der Waals surface area (Å²) in [6.07, 6.45) is 2.85. The zero-order valence-corrected chi connectivity index (χ0v) is 12.8. The third-order valence-electron chi connectivity index (χ3n) is 4.06. The smallest absolute Gasteiger partial charge is 0.258 e. The van der Waals surface area contributed by atoms with Crippen molar-refractivity contribution in [1.82, 2.24) is 4.57 Å². The van der Waals surface area contributed by atoms with Gasteiger partial charge in [0.15, 0.2) is 0 Å². The van der Waals surface area contributed by atoms with E-state index in [0.29, 0.717) is 13.1 Å². The maximum atomic E-state index is 12.6. The zero-order chi connectivity index (χ0) is 15.5. The molecule has 3 rings (SSSR count). The summed E-state index contributed by atoms with van der Waals surface area (Å²) in [6, 6.07) is 16.2. The molecular formula is C19H20N2O. The lowest BCUT2D eigenvalue weighted by molar-refractivity contribution is 0.767. The molecule has 2 N–H and O–H groups in total. The molecule has 0 bridgehead atoms. The normalized spacial score (nSPS) is 11.0. The Kier molecular flexibility index (Phi) is 4.07. The summed E-state index contributed by atoms with van der Waals surface area (Å²) in [4.78, 5) is 12.6. The predicted octanol–water partition coefficient (Wildman–Crippen LogP) is 3.07. The third-order valence-corrected chi connectivity index (χ3v) is 4.06.